The van der Waals surface area contributed by atoms with Crippen LogP contribution in [0.25, 0.3) is 0 Å². The van der Waals surface area contributed by atoms with Gasteiger partial charge in [0, 0.05) is 6.54 Å². The Balaban J connectivity index is 3.07. The summed E-state index contributed by atoms with van der Waals surface area (Å²) in [6.45, 7) is 5.59. The number of rotatable bonds is 4. The molecule has 0 aromatic heterocycles. The van der Waals surface area contributed by atoms with Crippen LogP contribution in [0, 0.1) is 0 Å². The number of allylic oxidation sites excluding steroid dienone is 2. The minimum absolute atomic E-state index is 0.757. The molecule has 0 aromatic carbocycles. The molecule has 0 unspecified atom stereocenters. The lowest BCUT2D eigenvalue weighted by atomic mass is 10.5. The molecular weight excluding hydrogens is 114 g/mol. The van der Waals surface area contributed by atoms with E-state index in [1.807, 2.05) is 27.0 Å². The van der Waals surface area contributed by atoms with Crippen LogP contribution in [0.3, 0.4) is 0 Å². The summed E-state index contributed by atoms with van der Waals surface area (Å²) >= 11 is 0. The highest BCUT2D eigenvalue weighted by Crippen LogP contribution is 1.91. The zero-order chi connectivity index (χ0) is 7.11. The summed E-state index contributed by atoms with van der Waals surface area (Å²) in [5.74, 6) is 0.991. The van der Waals surface area contributed by atoms with Gasteiger partial charge >= 0.3 is 0 Å². The van der Waals surface area contributed by atoms with Crippen molar-refractivity contribution in [2.75, 3.05) is 20.2 Å². The highest BCUT2D eigenvalue weighted by atomic mass is 16.5. The summed E-state index contributed by atoms with van der Waals surface area (Å²) in [6, 6.07) is 0. The molecule has 0 aliphatic carbocycles. The maximum atomic E-state index is 5.23. The molecule has 0 radical (unpaired) electrons. The number of likely N-dealkylation sites (N-methyl/N-ethyl adjacent to an activating group) is 1. The van der Waals surface area contributed by atoms with Gasteiger partial charge in [0.15, 0.2) is 0 Å². The normalized spacial score (nSPS) is 11.7. The van der Waals surface area contributed by atoms with Gasteiger partial charge in [-0.2, -0.15) is 0 Å². The third-order valence-corrected chi connectivity index (χ3v) is 1.09. The van der Waals surface area contributed by atoms with Crippen molar-refractivity contribution in [3.8, 4) is 0 Å². The van der Waals surface area contributed by atoms with Gasteiger partial charge in [-0.1, -0.05) is 6.08 Å². The van der Waals surface area contributed by atoms with Crippen molar-refractivity contribution in [1.29, 1.82) is 0 Å². The van der Waals surface area contributed by atoms with E-state index in [2.05, 4.69) is 5.32 Å². The molecule has 0 atom stereocenters. The molecule has 2 heteroatoms. The number of ether oxygens (including phenoxy) is 1. The van der Waals surface area contributed by atoms with Gasteiger partial charge in [0.1, 0.15) is 6.61 Å². The van der Waals surface area contributed by atoms with Gasteiger partial charge in [0.2, 0.25) is 0 Å². The standard InChI is InChI=1S/C7H15NO/c1-4-7(2)9-6-5-8-3/h4,8H,5-6H2,1-3H3/b7-4+. The zero-order valence-electron chi connectivity index (χ0n) is 6.40. The molecule has 0 saturated heterocycles. The predicted octanol–water partition coefficient (Wildman–Crippen LogP) is 1.15. The Morgan fingerprint density at radius 2 is 2.33 bits per heavy atom. The van der Waals surface area contributed by atoms with Crippen LogP contribution < -0.4 is 5.32 Å². The SMILES string of the molecule is C/C=C(\C)OCCNC. The molecular formula is C7H15NO. The molecule has 1 N–H and O–H groups in total. The van der Waals surface area contributed by atoms with Crippen molar-refractivity contribution in [3.05, 3.63) is 11.8 Å². The fourth-order valence-electron chi connectivity index (χ4n) is 0.397. The molecule has 54 valence electrons. The summed E-state index contributed by atoms with van der Waals surface area (Å²) in [7, 11) is 1.91. The quantitative estimate of drug-likeness (QED) is 0.454. The van der Waals surface area contributed by atoms with Crippen molar-refractivity contribution in [1.82, 2.24) is 5.32 Å². The predicted molar refractivity (Wildman–Crippen MR) is 39.3 cm³/mol. The van der Waals surface area contributed by atoms with E-state index in [0.717, 1.165) is 18.9 Å². The van der Waals surface area contributed by atoms with Crippen LogP contribution in [-0.4, -0.2) is 20.2 Å². The summed E-state index contributed by atoms with van der Waals surface area (Å²) in [4.78, 5) is 0. The van der Waals surface area contributed by atoms with E-state index in [9.17, 15) is 0 Å². The van der Waals surface area contributed by atoms with Gasteiger partial charge in [0.25, 0.3) is 0 Å². The largest absolute Gasteiger partial charge is 0.497 e. The van der Waals surface area contributed by atoms with Crippen molar-refractivity contribution < 1.29 is 4.74 Å². The van der Waals surface area contributed by atoms with Gasteiger partial charge in [-0.15, -0.1) is 0 Å². The molecule has 0 bridgehead atoms. The molecule has 0 spiro atoms. The first-order valence-corrected chi connectivity index (χ1v) is 3.21. The third kappa shape index (κ3) is 5.37. The molecule has 0 amide bonds. The van der Waals surface area contributed by atoms with Gasteiger partial charge in [0.05, 0.1) is 5.76 Å². The highest BCUT2D eigenvalue weighted by molar-refractivity contribution is 4.83. The Bertz CT molecular complexity index is 88.9. The fourth-order valence-corrected chi connectivity index (χ4v) is 0.397. The lowest BCUT2D eigenvalue weighted by molar-refractivity contribution is 0.216. The zero-order valence-corrected chi connectivity index (χ0v) is 6.40. The van der Waals surface area contributed by atoms with Crippen molar-refractivity contribution in [3.63, 3.8) is 0 Å². The van der Waals surface area contributed by atoms with Crippen LogP contribution in [0.2, 0.25) is 0 Å². The molecule has 0 saturated carbocycles. The molecule has 0 fully saturated rings. The second kappa shape index (κ2) is 5.63. The molecule has 0 heterocycles. The van der Waals surface area contributed by atoms with Crippen molar-refractivity contribution >= 4 is 0 Å². The second-order valence-electron chi connectivity index (χ2n) is 1.85. The fraction of sp³-hybridized carbons (Fsp3) is 0.714. The summed E-state index contributed by atoms with van der Waals surface area (Å²) in [5, 5.41) is 2.99. The highest BCUT2D eigenvalue weighted by Gasteiger charge is 1.84. The number of hydrogen-bond acceptors (Lipinski definition) is 2. The Morgan fingerprint density at radius 1 is 1.67 bits per heavy atom. The van der Waals surface area contributed by atoms with E-state index in [-0.39, 0.29) is 0 Å². The molecule has 0 aliphatic heterocycles. The minimum Gasteiger partial charge on any atom is -0.497 e. The maximum absolute atomic E-state index is 5.23. The van der Waals surface area contributed by atoms with E-state index < -0.39 is 0 Å². The van der Waals surface area contributed by atoms with E-state index in [4.69, 9.17) is 4.74 Å². The van der Waals surface area contributed by atoms with Gasteiger partial charge in [-0.3, -0.25) is 0 Å². The summed E-state index contributed by atoms with van der Waals surface area (Å²) < 4.78 is 5.23. The van der Waals surface area contributed by atoms with E-state index >= 15 is 0 Å². The topological polar surface area (TPSA) is 21.3 Å². The molecule has 0 aromatic rings. The summed E-state index contributed by atoms with van der Waals surface area (Å²) in [5.41, 5.74) is 0. The number of nitrogens with one attached hydrogen (secondary N) is 1. The van der Waals surface area contributed by atoms with Crippen LogP contribution in [0.15, 0.2) is 11.8 Å². The Morgan fingerprint density at radius 3 is 2.78 bits per heavy atom. The second-order valence-corrected chi connectivity index (χ2v) is 1.85. The van der Waals surface area contributed by atoms with Gasteiger partial charge in [-0.05, 0) is 20.9 Å². The molecule has 9 heavy (non-hydrogen) atoms. The third-order valence-electron chi connectivity index (χ3n) is 1.09. The maximum Gasteiger partial charge on any atom is 0.100 e. The van der Waals surface area contributed by atoms with Crippen molar-refractivity contribution in [2.24, 2.45) is 0 Å². The Labute approximate surface area is 56.9 Å². The van der Waals surface area contributed by atoms with Crippen molar-refractivity contribution in [2.45, 2.75) is 13.8 Å². The Hall–Kier alpha value is -0.500. The summed E-state index contributed by atoms with van der Waals surface area (Å²) in [6.07, 6.45) is 1.95. The average molecular weight is 129 g/mol. The molecule has 0 aliphatic rings. The van der Waals surface area contributed by atoms with Crippen LogP contribution in [-0.2, 0) is 4.74 Å². The Kier molecular flexibility index (Phi) is 5.32. The first-order valence-electron chi connectivity index (χ1n) is 3.21. The van der Waals surface area contributed by atoms with Gasteiger partial charge < -0.3 is 10.1 Å². The van der Waals surface area contributed by atoms with E-state index in [0.29, 0.717) is 0 Å². The van der Waals surface area contributed by atoms with E-state index in [1.54, 1.807) is 0 Å². The van der Waals surface area contributed by atoms with Crippen LogP contribution >= 0.6 is 0 Å². The lowest BCUT2D eigenvalue weighted by Crippen LogP contribution is -2.13. The van der Waals surface area contributed by atoms with Crippen LogP contribution in [0.1, 0.15) is 13.8 Å². The molecule has 2 nitrogen and oxygen atoms in total. The minimum atomic E-state index is 0.757. The van der Waals surface area contributed by atoms with Crippen LogP contribution in [0.4, 0.5) is 0 Å². The first kappa shape index (κ1) is 8.50. The smallest absolute Gasteiger partial charge is 0.100 e. The lowest BCUT2D eigenvalue weighted by Gasteiger charge is -2.03. The van der Waals surface area contributed by atoms with Gasteiger partial charge in [-0.25, -0.2) is 0 Å². The average Bonchev–Trinajstić information content (AvgIpc) is 1.89. The van der Waals surface area contributed by atoms with Crippen LogP contribution in [0.5, 0.6) is 0 Å². The molecule has 0 rings (SSSR count). The monoisotopic (exact) mass is 129 g/mol. The number of hydrogen-bond donors (Lipinski definition) is 1. The van der Waals surface area contributed by atoms with E-state index in [1.165, 1.54) is 0 Å². The first-order chi connectivity index (χ1) is 4.31.